The maximum absolute atomic E-state index is 13.2. The van der Waals surface area contributed by atoms with Crippen LogP contribution in [0.15, 0.2) is 24.3 Å². The van der Waals surface area contributed by atoms with E-state index < -0.39 is 11.6 Å². The first-order valence-corrected chi connectivity index (χ1v) is 10.6. The van der Waals surface area contributed by atoms with Crippen molar-refractivity contribution in [3.05, 3.63) is 35.4 Å². The maximum atomic E-state index is 13.2. The average Bonchev–Trinajstić information content (AvgIpc) is 2.91. The van der Waals surface area contributed by atoms with E-state index in [-0.39, 0.29) is 30.4 Å². The Balaban J connectivity index is 2.24. The number of amides is 4. The van der Waals surface area contributed by atoms with Gasteiger partial charge in [-0.15, -0.1) is 0 Å². The van der Waals surface area contributed by atoms with Gasteiger partial charge in [-0.2, -0.15) is 0 Å². The zero-order chi connectivity index (χ0) is 21.9. The van der Waals surface area contributed by atoms with E-state index >= 15 is 0 Å². The molecule has 1 aliphatic rings. The number of carbonyl (C=O) groups is 3. The van der Waals surface area contributed by atoms with Crippen LogP contribution in [0.5, 0.6) is 0 Å². The SMILES string of the molecule is CC[C@@H](C)N(C(=O)CN1C(=O)N[C@](C)(c2ccc(C(C)C)cc2)C1=O)[C@@H](C)CC. The number of hydrogen-bond acceptors (Lipinski definition) is 3. The number of rotatable bonds is 8. The van der Waals surface area contributed by atoms with Gasteiger partial charge in [-0.1, -0.05) is 52.0 Å². The highest BCUT2D eigenvalue weighted by Crippen LogP contribution is 2.30. The molecule has 0 aromatic heterocycles. The molecule has 1 aliphatic heterocycles. The van der Waals surface area contributed by atoms with E-state index in [4.69, 9.17) is 0 Å². The van der Waals surface area contributed by atoms with Crippen LogP contribution in [-0.4, -0.2) is 46.3 Å². The second-order valence-corrected chi connectivity index (χ2v) is 8.54. The molecule has 0 radical (unpaired) electrons. The fourth-order valence-electron chi connectivity index (χ4n) is 3.77. The minimum absolute atomic E-state index is 0.0492. The first-order valence-electron chi connectivity index (χ1n) is 10.6. The van der Waals surface area contributed by atoms with E-state index in [1.165, 1.54) is 5.56 Å². The summed E-state index contributed by atoms with van der Waals surface area (Å²) in [4.78, 5) is 41.6. The van der Waals surface area contributed by atoms with Crippen LogP contribution in [0.3, 0.4) is 0 Å². The van der Waals surface area contributed by atoms with Gasteiger partial charge in [-0.25, -0.2) is 4.79 Å². The molecule has 1 N–H and O–H groups in total. The van der Waals surface area contributed by atoms with Gasteiger partial charge in [-0.05, 0) is 50.7 Å². The Bertz CT molecular complexity index is 749. The number of nitrogens with zero attached hydrogens (tertiary/aromatic N) is 2. The van der Waals surface area contributed by atoms with Crippen molar-refractivity contribution in [2.24, 2.45) is 0 Å². The Kier molecular flexibility index (Phi) is 7.09. The number of urea groups is 1. The molecule has 6 heteroatoms. The summed E-state index contributed by atoms with van der Waals surface area (Å²) in [6, 6.07) is 7.29. The van der Waals surface area contributed by atoms with Crippen molar-refractivity contribution in [1.29, 1.82) is 0 Å². The molecule has 0 bridgehead atoms. The molecule has 1 aromatic rings. The second kappa shape index (κ2) is 8.97. The third kappa shape index (κ3) is 4.46. The maximum Gasteiger partial charge on any atom is 0.325 e. The zero-order valence-electron chi connectivity index (χ0n) is 18.8. The molecule has 4 amide bonds. The minimum atomic E-state index is -1.16. The smallest absolute Gasteiger partial charge is 0.325 e. The first kappa shape index (κ1) is 22.9. The van der Waals surface area contributed by atoms with Crippen LogP contribution in [0, 0.1) is 0 Å². The molecule has 1 heterocycles. The molecule has 2 rings (SSSR count). The summed E-state index contributed by atoms with van der Waals surface area (Å²) in [5, 5.41) is 2.79. The lowest BCUT2D eigenvalue weighted by Gasteiger charge is -2.35. The van der Waals surface area contributed by atoms with Crippen LogP contribution < -0.4 is 5.32 Å². The molecule has 0 saturated carbocycles. The molecule has 1 aromatic carbocycles. The molecule has 1 fully saturated rings. The summed E-state index contributed by atoms with van der Waals surface area (Å²) in [5.41, 5.74) is 0.722. The van der Waals surface area contributed by atoms with Crippen molar-refractivity contribution < 1.29 is 14.4 Å². The molecule has 29 heavy (non-hydrogen) atoms. The van der Waals surface area contributed by atoms with Gasteiger partial charge in [0.1, 0.15) is 12.1 Å². The van der Waals surface area contributed by atoms with E-state index in [1.54, 1.807) is 11.8 Å². The number of carbonyl (C=O) groups excluding carboxylic acids is 3. The summed E-state index contributed by atoms with van der Waals surface area (Å²) in [7, 11) is 0. The number of imide groups is 1. The van der Waals surface area contributed by atoms with E-state index in [1.807, 2.05) is 52.0 Å². The summed E-state index contributed by atoms with van der Waals surface area (Å²) in [5.74, 6) is -0.204. The second-order valence-electron chi connectivity index (χ2n) is 8.54. The highest BCUT2D eigenvalue weighted by Gasteiger charge is 2.49. The van der Waals surface area contributed by atoms with Crippen molar-refractivity contribution >= 4 is 17.8 Å². The Morgan fingerprint density at radius 3 is 2.00 bits per heavy atom. The van der Waals surface area contributed by atoms with E-state index in [2.05, 4.69) is 19.2 Å². The Labute approximate surface area is 174 Å². The van der Waals surface area contributed by atoms with E-state index in [0.29, 0.717) is 5.92 Å². The molecule has 0 aliphatic carbocycles. The summed E-state index contributed by atoms with van der Waals surface area (Å²) < 4.78 is 0. The Hall–Kier alpha value is -2.37. The highest BCUT2D eigenvalue weighted by atomic mass is 16.2. The number of benzene rings is 1. The summed E-state index contributed by atoms with van der Waals surface area (Å²) in [6.07, 6.45) is 1.63. The van der Waals surface area contributed by atoms with Crippen LogP contribution in [0.2, 0.25) is 0 Å². The van der Waals surface area contributed by atoms with Crippen LogP contribution in [0.25, 0.3) is 0 Å². The van der Waals surface area contributed by atoms with Gasteiger partial charge in [0.15, 0.2) is 0 Å². The lowest BCUT2D eigenvalue weighted by molar-refractivity contribution is -0.141. The largest absolute Gasteiger partial charge is 0.336 e. The fourth-order valence-corrected chi connectivity index (χ4v) is 3.77. The quantitative estimate of drug-likeness (QED) is 0.669. The Morgan fingerprint density at radius 2 is 1.55 bits per heavy atom. The van der Waals surface area contributed by atoms with Gasteiger partial charge in [-0.3, -0.25) is 14.5 Å². The molecule has 0 unspecified atom stereocenters. The normalized spacial score (nSPS) is 21.3. The summed E-state index contributed by atoms with van der Waals surface area (Å²) >= 11 is 0. The van der Waals surface area contributed by atoms with Gasteiger partial charge in [0, 0.05) is 12.1 Å². The van der Waals surface area contributed by atoms with Crippen LogP contribution in [0.4, 0.5) is 4.79 Å². The van der Waals surface area contributed by atoms with Gasteiger partial charge in [0.05, 0.1) is 0 Å². The third-order valence-corrected chi connectivity index (χ3v) is 6.14. The summed E-state index contributed by atoms with van der Waals surface area (Å²) in [6.45, 7) is 13.7. The number of hydrogen-bond donors (Lipinski definition) is 1. The molecule has 0 spiro atoms. The van der Waals surface area contributed by atoms with E-state index in [9.17, 15) is 14.4 Å². The first-order chi connectivity index (χ1) is 13.6. The van der Waals surface area contributed by atoms with Gasteiger partial charge >= 0.3 is 6.03 Å². The van der Waals surface area contributed by atoms with Gasteiger partial charge in [0.2, 0.25) is 5.91 Å². The lowest BCUT2D eigenvalue weighted by Crippen LogP contribution is -2.50. The van der Waals surface area contributed by atoms with Crippen molar-refractivity contribution in [2.75, 3.05) is 6.54 Å². The zero-order valence-corrected chi connectivity index (χ0v) is 18.8. The molecule has 6 nitrogen and oxygen atoms in total. The minimum Gasteiger partial charge on any atom is -0.336 e. The fraction of sp³-hybridized carbons (Fsp3) is 0.609. The van der Waals surface area contributed by atoms with Crippen molar-refractivity contribution in [3.63, 3.8) is 0 Å². The van der Waals surface area contributed by atoms with Gasteiger partial charge < -0.3 is 10.2 Å². The molecule has 1 saturated heterocycles. The number of nitrogens with one attached hydrogen (secondary N) is 1. The molecular formula is C23H35N3O3. The monoisotopic (exact) mass is 401 g/mol. The van der Waals surface area contributed by atoms with Crippen LogP contribution in [-0.2, 0) is 15.1 Å². The Morgan fingerprint density at radius 1 is 1.03 bits per heavy atom. The third-order valence-electron chi connectivity index (χ3n) is 6.14. The molecule has 160 valence electrons. The van der Waals surface area contributed by atoms with Gasteiger partial charge in [0.25, 0.3) is 5.91 Å². The lowest BCUT2D eigenvalue weighted by atomic mass is 9.90. The predicted octanol–water partition coefficient (Wildman–Crippen LogP) is 4.00. The van der Waals surface area contributed by atoms with Crippen molar-refractivity contribution in [1.82, 2.24) is 15.1 Å². The van der Waals surface area contributed by atoms with Crippen LogP contribution >= 0.6 is 0 Å². The van der Waals surface area contributed by atoms with Crippen LogP contribution in [0.1, 0.15) is 78.4 Å². The predicted molar refractivity (Wildman–Crippen MR) is 114 cm³/mol. The highest BCUT2D eigenvalue weighted by molar-refractivity contribution is 6.09. The topological polar surface area (TPSA) is 69.7 Å². The molecular weight excluding hydrogens is 366 g/mol. The molecule has 3 atom stereocenters. The standard InChI is InChI=1S/C23H35N3O3/c1-8-16(5)26(17(6)9-2)20(27)14-25-21(28)23(7,24-22(25)29)19-12-10-18(11-13-19)15(3)4/h10-13,15-17H,8-9,14H2,1-7H3,(H,24,29)/t16-,17+,23-/m1/s1. The van der Waals surface area contributed by atoms with Crippen molar-refractivity contribution in [3.8, 4) is 0 Å². The van der Waals surface area contributed by atoms with E-state index in [0.717, 1.165) is 23.3 Å². The average molecular weight is 402 g/mol. The van der Waals surface area contributed by atoms with Crippen molar-refractivity contribution in [2.45, 2.75) is 84.8 Å².